The summed E-state index contributed by atoms with van der Waals surface area (Å²) >= 11 is 0. The van der Waals surface area contributed by atoms with Crippen LogP contribution in [0.1, 0.15) is 59.3 Å². The predicted molar refractivity (Wildman–Crippen MR) is 121 cm³/mol. The van der Waals surface area contributed by atoms with Crippen LogP contribution in [0.4, 0.5) is 0 Å². The Labute approximate surface area is 213 Å². The number of hydrogen-bond donors (Lipinski definition) is 0. The summed E-state index contributed by atoms with van der Waals surface area (Å²) in [4.78, 5) is 49.5. The largest absolute Gasteiger partial charge is 1.00 e. The standard InChI is InChI=1S/C24H38NO9.ClH/c1-7-11-18(26)31-17-16-30-24(34-21(29)15-25(5,6)14-10-4)23(33-20(28)13-9-3)22(17)32-19(27)12-8-2;/h4,17,22-24H,7-9,11-16H2,1-3,5-6H3;1H/q+1;/p-1/t17-,22-,23+,24?;/m0./s1. The summed E-state index contributed by atoms with van der Waals surface area (Å²) in [7, 11) is 3.53. The summed E-state index contributed by atoms with van der Waals surface area (Å²) < 4.78 is 27.9. The number of esters is 4. The number of nitrogens with zero attached hydrogens (tertiary/aromatic N) is 1. The van der Waals surface area contributed by atoms with Gasteiger partial charge < -0.3 is 40.6 Å². The highest BCUT2D eigenvalue weighted by Crippen LogP contribution is 2.26. The number of quaternary nitrogens is 1. The molecule has 11 heteroatoms. The van der Waals surface area contributed by atoms with Crippen LogP contribution in [-0.2, 0) is 42.9 Å². The second-order valence-corrected chi connectivity index (χ2v) is 8.83. The third-order valence-electron chi connectivity index (χ3n) is 4.89. The number of terminal acetylenes is 1. The van der Waals surface area contributed by atoms with Gasteiger partial charge in [0, 0.05) is 19.3 Å². The number of likely N-dealkylation sites (N-methyl/N-ethyl adjacent to an activating group) is 1. The number of halogens is 1. The fourth-order valence-electron chi connectivity index (χ4n) is 3.29. The lowest BCUT2D eigenvalue weighted by atomic mass is 10.0. The molecule has 35 heavy (non-hydrogen) atoms. The van der Waals surface area contributed by atoms with Gasteiger partial charge in [0.1, 0.15) is 6.54 Å². The van der Waals surface area contributed by atoms with E-state index in [0.717, 1.165) is 0 Å². The molecule has 1 rings (SSSR count). The lowest BCUT2D eigenvalue weighted by molar-refractivity contribution is -0.875. The van der Waals surface area contributed by atoms with Gasteiger partial charge in [0.2, 0.25) is 12.4 Å². The number of rotatable bonds is 13. The highest BCUT2D eigenvalue weighted by atomic mass is 35.5. The second kappa shape index (κ2) is 16.3. The molecule has 200 valence electrons. The number of hydrogen-bond acceptors (Lipinski definition) is 9. The Balaban J connectivity index is 0.0000116. The Morgan fingerprint density at radius 2 is 1.31 bits per heavy atom. The van der Waals surface area contributed by atoms with Crippen LogP contribution in [0.3, 0.4) is 0 Å². The van der Waals surface area contributed by atoms with Crippen LogP contribution in [0.15, 0.2) is 0 Å². The van der Waals surface area contributed by atoms with Gasteiger partial charge in [-0.15, -0.1) is 6.42 Å². The molecule has 1 heterocycles. The summed E-state index contributed by atoms with van der Waals surface area (Å²) in [6.45, 7) is 5.46. The quantitative estimate of drug-likeness (QED) is 0.127. The lowest BCUT2D eigenvalue weighted by Crippen LogP contribution is -3.00. The van der Waals surface area contributed by atoms with E-state index in [4.69, 9.17) is 30.1 Å². The molecular weight excluding hydrogens is 482 g/mol. The van der Waals surface area contributed by atoms with Crippen molar-refractivity contribution in [3.05, 3.63) is 0 Å². The molecule has 1 unspecified atom stereocenters. The average molecular weight is 520 g/mol. The van der Waals surface area contributed by atoms with Crippen LogP contribution >= 0.6 is 0 Å². The lowest BCUT2D eigenvalue weighted by Gasteiger charge is -2.40. The van der Waals surface area contributed by atoms with Crippen LogP contribution in [0.2, 0.25) is 0 Å². The molecule has 4 atom stereocenters. The molecule has 0 aromatic rings. The van der Waals surface area contributed by atoms with E-state index in [1.165, 1.54) is 0 Å². The fraction of sp³-hybridized carbons (Fsp3) is 0.750. The molecule has 1 fully saturated rings. The van der Waals surface area contributed by atoms with Crippen molar-refractivity contribution >= 4 is 23.9 Å². The first-order valence-electron chi connectivity index (χ1n) is 11.7. The topological polar surface area (TPSA) is 114 Å². The smallest absolute Gasteiger partial charge is 0.364 e. The summed E-state index contributed by atoms with van der Waals surface area (Å²) in [5.74, 6) is 0.215. The summed E-state index contributed by atoms with van der Waals surface area (Å²) in [5, 5.41) is 0. The van der Waals surface area contributed by atoms with E-state index in [-0.39, 0.29) is 49.3 Å². The minimum Gasteiger partial charge on any atom is -1.00 e. The summed E-state index contributed by atoms with van der Waals surface area (Å²) in [6.07, 6.45) is 2.47. The SMILES string of the molecule is C#CC[N+](C)(C)CC(=O)OC1OC[C@H](OC(=O)CCC)[C@H](OC(=O)CCC)[C@H]1OC(=O)CCC.[Cl-]. The van der Waals surface area contributed by atoms with E-state index >= 15 is 0 Å². The van der Waals surface area contributed by atoms with Crippen molar-refractivity contribution in [1.29, 1.82) is 0 Å². The Morgan fingerprint density at radius 1 is 0.829 bits per heavy atom. The van der Waals surface area contributed by atoms with Gasteiger partial charge in [0.05, 0.1) is 20.7 Å². The average Bonchev–Trinajstić information content (AvgIpc) is 2.72. The van der Waals surface area contributed by atoms with Gasteiger partial charge in [-0.1, -0.05) is 20.8 Å². The molecule has 0 aromatic heterocycles. The third kappa shape index (κ3) is 11.8. The monoisotopic (exact) mass is 519 g/mol. The first kappa shape index (κ1) is 32.7. The molecular formula is C24H38ClNO9. The van der Waals surface area contributed by atoms with Crippen molar-refractivity contribution in [3.63, 3.8) is 0 Å². The van der Waals surface area contributed by atoms with Gasteiger partial charge in [0.25, 0.3) is 0 Å². The predicted octanol–water partition coefficient (Wildman–Crippen LogP) is -1.26. The van der Waals surface area contributed by atoms with Crippen molar-refractivity contribution < 1.29 is 59.8 Å². The Kier molecular flexibility index (Phi) is 15.2. The fourth-order valence-corrected chi connectivity index (χ4v) is 3.29. The van der Waals surface area contributed by atoms with Crippen LogP contribution < -0.4 is 12.4 Å². The molecule has 0 aromatic carbocycles. The minimum atomic E-state index is -1.35. The Hall–Kier alpha value is -2.35. The third-order valence-corrected chi connectivity index (χ3v) is 4.89. The number of carbonyl (C=O) groups is 4. The first-order valence-corrected chi connectivity index (χ1v) is 11.7. The van der Waals surface area contributed by atoms with Gasteiger partial charge in [-0.3, -0.25) is 14.4 Å². The molecule has 0 saturated carbocycles. The highest BCUT2D eigenvalue weighted by molar-refractivity contribution is 5.72. The van der Waals surface area contributed by atoms with Crippen LogP contribution in [0.25, 0.3) is 0 Å². The molecule has 10 nitrogen and oxygen atoms in total. The molecule has 0 radical (unpaired) electrons. The normalized spacial score (nSPS) is 21.6. The summed E-state index contributed by atoms with van der Waals surface area (Å²) in [6, 6.07) is 0. The van der Waals surface area contributed by atoms with Crippen molar-refractivity contribution in [3.8, 4) is 12.3 Å². The maximum atomic E-state index is 12.6. The zero-order chi connectivity index (χ0) is 25.7. The van der Waals surface area contributed by atoms with E-state index in [9.17, 15) is 19.2 Å². The highest BCUT2D eigenvalue weighted by Gasteiger charge is 2.49. The molecule has 0 spiro atoms. The zero-order valence-corrected chi connectivity index (χ0v) is 22.0. The molecule has 1 aliphatic heterocycles. The number of ether oxygens (including phenoxy) is 5. The van der Waals surface area contributed by atoms with Crippen molar-refractivity contribution in [1.82, 2.24) is 0 Å². The maximum Gasteiger partial charge on any atom is 0.364 e. The molecule has 0 N–H and O–H groups in total. The minimum absolute atomic E-state index is 0. The molecule has 0 bridgehead atoms. The van der Waals surface area contributed by atoms with E-state index in [1.54, 1.807) is 21.0 Å². The van der Waals surface area contributed by atoms with Gasteiger partial charge >= 0.3 is 23.9 Å². The maximum absolute atomic E-state index is 12.6. The van der Waals surface area contributed by atoms with E-state index < -0.39 is 48.5 Å². The van der Waals surface area contributed by atoms with Gasteiger partial charge in [-0.05, 0) is 25.2 Å². The van der Waals surface area contributed by atoms with E-state index in [2.05, 4.69) is 5.92 Å². The number of carbonyl (C=O) groups excluding carboxylic acids is 4. The van der Waals surface area contributed by atoms with E-state index in [0.29, 0.717) is 25.8 Å². The Morgan fingerprint density at radius 3 is 1.80 bits per heavy atom. The molecule has 1 saturated heterocycles. The van der Waals surface area contributed by atoms with Crippen LogP contribution in [0, 0.1) is 12.3 Å². The molecule has 0 aliphatic carbocycles. The van der Waals surface area contributed by atoms with Crippen LogP contribution in [0.5, 0.6) is 0 Å². The first-order chi connectivity index (χ1) is 16.1. The van der Waals surface area contributed by atoms with Crippen molar-refractivity contribution in [2.75, 3.05) is 33.8 Å². The molecule has 1 aliphatic rings. The van der Waals surface area contributed by atoms with Crippen molar-refractivity contribution in [2.45, 2.75) is 83.9 Å². The zero-order valence-electron chi connectivity index (χ0n) is 21.3. The van der Waals surface area contributed by atoms with Gasteiger partial charge in [-0.25, -0.2) is 4.79 Å². The Bertz CT molecular complexity index is 750. The van der Waals surface area contributed by atoms with Gasteiger partial charge in [0.15, 0.2) is 18.8 Å². The van der Waals surface area contributed by atoms with Crippen molar-refractivity contribution in [2.24, 2.45) is 0 Å². The summed E-state index contributed by atoms with van der Waals surface area (Å²) in [5.41, 5.74) is 0. The van der Waals surface area contributed by atoms with Crippen LogP contribution in [-0.4, -0.2) is 86.8 Å². The van der Waals surface area contributed by atoms with E-state index in [1.807, 2.05) is 13.8 Å². The second-order valence-electron chi connectivity index (χ2n) is 8.83. The molecule has 0 amide bonds. The van der Waals surface area contributed by atoms with Gasteiger partial charge in [-0.2, -0.15) is 0 Å².